The number of hydrogen-bond acceptors (Lipinski definition) is 2. The molecule has 0 spiro atoms. The number of halogens is 3. The van der Waals surface area contributed by atoms with Gasteiger partial charge in [0.25, 0.3) is 0 Å². The molecule has 0 unspecified atom stereocenters. The molecule has 82 valence electrons. The quantitative estimate of drug-likeness (QED) is 0.846. The molecule has 1 aliphatic heterocycles. The topological polar surface area (TPSA) is 15.3 Å². The van der Waals surface area contributed by atoms with Crippen LogP contribution in [0, 0.1) is 11.6 Å². The molecular weight excluding hydrogens is 266 g/mol. The van der Waals surface area contributed by atoms with Gasteiger partial charge in [-0.2, -0.15) is 0 Å². The van der Waals surface area contributed by atoms with Gasteiger partial charge in [-0.05, 0) is 22.0 Å². The Balaban J connectivity index is 2.33. The summed E-state index contributed by atoms with van der Waals surface area (Å²) in [5.41, 5.74) is 0.456. The second kappa shape index (κ2) is 4.45. The number of benzene rings is 1. The standard InChI is InChI=1S/C10H11BrF2N2/c11-8-5-7(12)6-9(13)10(8)15-3-1-14-2-4-15/h5-6,14H,1-4H2. The van der Waals surface area contributed by atoms with E-state index in [4.69, 9.17) is 0 Å². The van der Waals surface area contributed by atoms with E-state index in [1.807, 2.05) is 4.90 Å². The molecule has 0 atom stereocenters. The van der Waals surface area contributed by atoms with E-state index >= 15 is 0 Å². The highest BCUT2D eigenvalue weighted by Crippen LogP contribution is 2.30. The zero-order chi connectivity index (χ0) is 10.8. The van der Waals surface area contributed by atoms with Crippen molar-refractivity contribution in [3.8, 4) is 0 Å². The van der Waals surface area contributed by atoms with Gasteiger partial charge in [-0.15, -0.1) is 0 Å². The van der Waals surface area contributed by atoms with Crippen LogP contribution >= 0.6 is 15.9 Å². The van der Waals surface area contributed by atoms with Crippen molar-refractivity contribution >= 4 is 21.6 Å². The van der Waals surface area contributed by atoms with Gasteiger partial charge < -0.3 is 10.2 Å². The monoisotopic (exact) mass is 276 g/mol. The van der Waals surface area contributed by atoms with Gasteiger partial charge >= 0.3 is 0 Å². The van der Waals surface area contributed by atoms with E-state index in [0.717, 1.165) is 32.2 Å². The van der Waals surface area contributed by atoms with Gasteiger partial charge in [0, 0.05) is 36.7 Å². The van der Waals surface area contributed by atoms with E-state index in [1.165, 1.54) is 6.07 Å². The number of nitrogens with one attached hydrogen (secondary N) is 1. The summed E-state index contributed by atoms with van der Waals surface area (Å²) in [6.45, 7) is 3.12. The van der Waals surface area contributed by atoms with Crippen molar-refractivity contribution in [1.82, 2.24) is 5.32 Å². The Morgan fingerprint density at radius 1 is 1.20 bits per heavy atom. The zero-order valence-corrected chi connectivity index (χ0v) is 9.65. The summed E-state index contributed by atoms with van der Waals surface area (Å²) in [7, 11) is 0. The highest BCUT2D eigenvalue weighted by molar-refractivity contribution is 9.10. The van der Waals surface area contributed by atoms with E-state index in [2.05, 4.69) is 21.2 Å². The molecule has 1 saturated heterocycles. The van der Waals surface area contributed by atoms with Crippen molar-refractivity contribution in [2.24, 2.45) is 0 Å². The van der Waals surface area contributed by atoms with Gasteiger partial charge in [0.2, 0.25) is 0 Å². The van der Waals surface area contributed by atoms with Crippen molar-refractivity contribution in [3.05, 3.63) is 28.2 Å². The van der Waals surface area contributed by atoms with Crippen LogP contribution in [-0.4, -0.2) is 26.2 Å². The van der Waals surface area contributed by atoms with E-state index < -0.39 is 11.6 Å². The molecule has 1 aromatic carbocycles. The Bertz CT molecular complexity index is 341. The van der Waals surface area contributed by atoms with Gasteiger partial charge in [0.1, 0.15) is 5.82 Å². The maximum atomic E-state index is 13.6. The van der Waals surface area contributed by atoms with Crippen LogP contribution in [-0.2, 0) is 0 Å². The third-order valence-corrected chi connectivity index (χ3v) is 3.02. The summed E-state index contributed by atoms with van der Waals surface area (Å²) < 4.78 is 26.9. The van der Waals surface area contributed by atoms with E-state index in [-0.39, 0.29) is 0 Å². The van der Waals surface area contributed by atoms with Crippen molar-refractivity contribution in [3.63, 3.8) is 0 Å². The van der Waals surface area contributed by atoms with E-state index in [0.29, 0.717) is 10.2 Å². The van der Waals surface area contributed by atoms with Gasteiger partial charge in [0.05, 0.1) is 5.69 Å². The number of rotatable bonds is 1. The van der Waals surface area contributed by atoms with Crippen LogP contribution < -0.4 is 10.2 Å². The first-order valence-electron chi connectivity index (χ1n) is 4.78. The Labute approximate surface area is 95.4 Å². The molecule has 1 fully saturated rings. The Morgan fingerprint density at radius 3 is 2.47 bits per heavy atom. The van der Waals surface area contributed by atoms with Crippen LogP contribution in [0.2, 0.25) is 0 Å². The lowest BCUT2D eigenvalue weighted by molar-refractivity contribution is 0.552. The molecule has 0 bridgehead atoms. The fourth-order valence-electron chi connectivity index (χ4n) is 1.73. The number of hydrogen-bond donors (Lipinski definition) is 1. The number of piperazine rings is 1. The van der Waals surface area contributed by atoms with Gasteiger partial charge in [0.15, 0.2) is 5.82 Å². The molecule has 1 aliphatic rings. The predicted molar refractivity (Wildman–Crippen MR) is 59.1 cm³/mol. The summed E-state index contributed by atoms with van der Waals surface area (Å²) >= 11 is 3.19. The molecule has 0 radical (unpaired) electrons. The SMILES string of the molecule is Fc1cc(F)c(N2CCNCC2)c(Br)c1. The van der Waals surface area contributed by atoms with E-state index in [1.54, 1.807) is 0 Å². The number of nitrogens with zero attached hydrogens (tertiary/aromatic N) is 1. The lowest BCUT2D eigenvalue weighted by Crippen LogP contribution is -2.44. The van der Waals surface area contributed by atoms with Crippen LogP contribution in [0.25, 0.3) is 0 Å². The maximum absolute atomic E-state index is 13.6. The third-order valence-electron chi connectivity index (χ3n) is 2.41. The van der Waals surface area contributed by atoms with Crippen molar-refractivity contribution < 1.29 is 8.78 Å². The van der Waals surface area contributed by atoms with Crippen LogP contribution in [0.5, 0.6) is 0 Å². The first-order chi connectivity index (χ1) is 7.18. The fourth-order valence-corrected chi connectivity index (χ4v) is 2.38. The average Bonchev–Trinajstić information content (AvgIpc) is 2.17. The van der Waals surface area contributed by atoms with Gasteiger partial charge in [-0.3, -0.25) is 0 Å². The summed E-state index contributed by atoms with van der Waals surface area (Å²) in [6.07, 6.45) is 0. The fraction of sp³-hybridized carbons (Fsp3) is 0.400. The minimum Gasteiger partial charge on any atom is -0.366 e. The lowest BCUT2D eigenvalue weighted by atomic mass is 10.2. The molecule has 0 saturated carbocycles. The molecular formula is C10H11BrF2N2. The zero-order valence-electron chi connectivity index (χ0n) is 8.06. The maximum Gasteiger partial charge on any atom is 0.150 e. The van der Waals surface area contributed by atoms with Crippen molar-refractivity contribution in [2.45, 2.75) is 0 Å². The predicted octanol–water partition coefficient (Wildman–Crippen LogP) is 2.14. The molecule has 5 heteroatoms. The molecule has 1 aromatic rings. The van der Waals surface area contributed by atoms with Gasteiger partial charge in [-0.25, -0.2) is 8.78 Å². The summed E-state index contributed by atoms with van der Waals surface area (Å²) in [5, 5.41) is 3.18. The first-order valence-corrected chi connectivity index (χ1v) is 5.58. The molecule has 0 aromatic heterocycles. The van der Waals surface area contributed by atoms with Crippen LogP contribution in [0.4, 0.5) is 14.5 Å². The third kappa shape index (κ3) is 2.29. The lowest BCUT2D eigenvalue weighted by Gasteiger charge is -2.30. The second-order valence-electron chi connectivity index (χ2n) is 3.46. The summed E-state index contributed by atoms with van der Waals surface area (Å²) in [6, 6.07) is 2.21. The Hall–Kier alpha value is -0.680. The number of anilines is 1. The minimum atomic E-state index is -0.557. The normalized spacial score (nSPS) is 16.9. The largest absolute Gasteiger partial charge is 0.366 e. The van der Waals surface area contributed by atoms with Crippen LogP contribution in [0.1, 0.15) is 0 Å². The van der Waals surface area contributed by atoms with E-state index in [9.17, 15) is 8.78 Å². The van der Waals surface area contributed by atoms with Crippen molar-refractivity contribution in [2.75, 3.05) is 31.1 Å². The highest BCUT2D eigenvalue weighted by atomic mass is 79.9. The van der Waals surface area contributed by atoms with Crippen molar-refractivity contribution in [1.29, 1.82) is 0 Å². The van der Waals surface area contributed by atoms with Crippen LogP contribution in [0.3, 0.4) is 0 Å². The Morgan fingerprint density at radius 2 is 1.87 bits per heavy atom. The second-order valence-corrected chi connectivity index (χ2v) is 4.31. The average molecular weight is 277 g/mol. The van der Waals surface area contributed by atoms with Crippen LogP contribution in [0.15, 0.2) is 16.6 Å². The summed E-state index contributed by atoms with van der Waals surface area (Å²) in [4.78, 5) is 1.91. The minimum absolute atomic E-state index is 0.456. The smallest absolute Gasteiger partial charge is 0.150 e. The molecule has 0 aliphatic carbocycles. The molecule has 0 amide bonds. The molecule has 2 nitrogen and oxygen atoms in total. The molecule has 1 N–H and O–H groups in total. The summed E-state index contributed by atoms with van der Waals surface area (Å²) in [5.74, 6) is -1.07. The molecule has 2 rings (SSSR count). The first kappa shape index (κ1) is 10.8. The Kier molecular flexibility index (Phi) is 3.21. The molecule has 1 heterocycles. The highest BCUT2D eigenvalue weighted by Gasteiger charge is 2.18. The van der Waals surface area contributed by atoms with Gasteiger partial charge in [-0.1, -0.05) is 0 Å². The molecule has 15 heavy (non-hydrogen) atoms.